The first-order valence-electron chi connectivity index (χ1n) is 7.12. The van der Waals surface area contributed by atoms with Gasteiger partial charge in [-0.15, -0.1) is 0 Å². The average Bonchev–Trinajstić information content (AvgIpc) is 2.97. The van der Waals surface area contributed by atoms with Gasteiger partial charge in [-0.1, -0.05) is 12.1 Å². The van der Waals surface area contributed by atoms with E-state index in [4.69, 9.17) is 9.26 Å². The Bertz CT molecular complexity index is 678. The van der Waals surface area contributed by atoms with E-state index in [1.807, 2.05) is 6.92 Å². The van der Waals surface area contributed by atoms with Crippen molar-refractivity contribution in [1.29, 1.82) is 0 Å². The summed E-state index contributed by atoms with van der Waals surface area (Å²) in [5.41, 5.74) is 0.412. The lowest BCUT2D eigenvalue weighted by Gasteiger charge is -2.16. The second-order valence-corrected chi connectivity index (χ2v) is 4.84. The molecule has 0 aliphatic carbocycles. The second kappa shape index (κ2) is 7.44. The highest BCUT2D eigenvalue weighted by atomic mass is 16.5. The number of esters is 1. The average molecular weight is 318 g/mol. The first-order valence-corrected chi connectivity index (χ1v) is 7.12. The summed E-state index contributed by atoms with van der Waals surface area (Å²) in [6.07, 6.45) is -0.211. The van der Waals surface area contributed by atoms with Crippen LogP contribution in [-0.4, -0.2) is 30.2 Å². The van der Waals surface area contributed by atoms with Gasteiger partial charge >= 0.3 is 5.97 Å². The zero-order valence-electron chi connectivity index (χ0n) is 13.2. The molecule has 122 valence electrons. The summed E-state index contributed by atoms with van der Waals surface area (Å²) in [7, 11) is 1.32. The smallest absolute Gasteiger partial charge is 0.337 e. The largest absolute Gasteiger partial charge is 0.481 e. The molecule has 0 fully saturated rings. The van der Waals surface area contributed by atoms with Gasteiger partial charge in [-0.25, -0.2) is 4.79 Å². The molecule has 1 unspecified atom stereocenters. The number of hydrogen-bond acceptors (Lipinski definition) is 6. The number of amides is 1. The van der Waals surface area contributed by atoms with Crippen LogP contribution in [0.1, 0.15) is 29.5 Å². The van der Waals surface area contributed by atoms with Crippen LogP contribution in [0.4, 0.5) is 5.82 Å². The predicted octanol–water partition coefficient (Wildman–Crippen LogP) is 2.57. The van der Waals surface area contributed by atoms with E-state index >= 15 is 0 Å². The molecule has 1 atom stereocenters. The van der Waals surface area contributed by atoms with Crippen LogP contribution in [0.3, 0.4) is 0 Å². The van der Waals surface area contributed by atoms with Crippen molar-refractivity contribution in [3.63, 3.8) is 0 Å². The van der Waals surface area contributed by atoms with E-state index in [0.717, 1.165) is 0 Å². The lowest BCUT2D eigenvalue weighted by molar-refractivity contribution is -0.122. The molecule has 1 N–H and O–H groups in total. The molecule has 0 saturated carbocycles. The minimum Gasteiger partial charge on any atom is -0.481 e. The van der Waals surface area contributed by atoms with Crippen molar-refractivity contribution in [3.8, 4) is 5.75 Å². The Kier molecular flexibility index (Phi) is 5.35. The first kappa shape index (κ1) is 16.5. The number of hydrogen-bond donors (Lipinski definition) is 1. The fourth-order valence-corrected chi connectivity index (χ4v) is 1.91. The molecule has 2 rings (SSSR count). The maximum atomic E-state index is 12.2. The van der Waals surface area contributed by atoms with Crippen LogP contribution in [0.15, 0.2) is 34.9 Å². The van der Waals surface area contributed by atoms with E-state index in [-0.39, 0.29) is 5.91 Å². The van der Waals surface area contributed by atoms with E-state index in [2.05, 4.69) is 15.2 Å². The van der Waals surface area contributed by atoms with Gasteiger partial charge in [0, 0.05) is 6.07 Å². The summed E-state index contributed by atoms with van der Waals surface area (Å²) in [6.45, 7) is 3.57. The molecular weight excluding hydrogens is 300 g/mol. The van der Waals surface area contributed by atoms with Crippen LogP contribution in [0, 0.1) is 6.92 Å². The van der Waals surface area contributed by atoms with E-state index in [1.165, 1.54) is 7.11 Å². The van der Waals surface area contributed by atoms with Crippen LogP contribution >= 0.6 is 0 Å². The monoisotopic (exact) mass is 318 g/mol. The molecule has 0 aliphatic heterocycles. The number of methoxy groups -OCH3 is 1. The highest BCUT2D eigenvalue weighted by Gasteiger charge is 2.20. The Balaban J connectivity index is 2.00. The van der Waals surface area contributed by atoms with Gasteiger partial charge in [0.15, 0.2) is 11.9 Å². The number of ether oxygens (including phenoxy) is 2. The number of anilines is 1. The Morgan fingerprint density at radius 2 is 2.00 bits per heavy atom. The second-order valence-electron chi connectivity index (χ2n) is 4.84. The third kappa shape index (κ3) is 4.32. The third-order valence-corrected chi connectivity index (χ3v) is 3.10. The lowest BCUT2D eigenvalue weighted by atomic mass is 10.2. The third-order valence-electron chi connectivity index (χ3n) is 3.10. The highest BCUT2D eigenvalue weighted by Crippen LogP contribution is 2.17. The quantitative estimate of drug-likeness (QED) is 0.823. The summed E-state index contributed by atoms with van der Waals surface area (Å²) in [5.74, 6) is 0.680. The summed E-state index contributed by atoms with van der Waals surface area (Å²) in [4.78, 5) is 23.6. The molecule has 1 aromatic heterocycles. The molecule has 0 aliphatic rings. The number of aryl methyl sites for hydroxylation is 1. The van der Waals surface area contributed by atoms with Crippen LogP contribution in [0.5, 0.6) is 5.75 Å². The van der Waals surface area contributed by atoms with Gasteiger partial charge in [0.25, 0.3) is 5.91 Å². The summed E-state index contributed by atoms with van der Waals surface area (Å²) < 4.78 is 15.2. The zero-order chi connectivity index (χ0) is 16.8. The fourth-order valence-electron chi connectivity index (χ4n) is 1.91. The topological polar surface area (TPSA) is 90.7 Å². The van der Waals surface area contributed by atoms with Gasteiger partial charge in [0.2, 0.25) is 0 Å². The number of nitrogens with one attached hydrogen (secondary N) is 1. The van der Waals surface area contributed by atoms with Crippen molar-refractivity contribution in [2.75, 3.05) is 12.4 Å². The van der Waals surface area contributed by atoms with Crippen molar-refractivity contribution >= 4 is 17.7 Å². The van der Waals surface area contributed by atoms with Gasteiger partial charge in [0.05, 0.1) is 12.7 Å². The predicted molar refractivity (Wildman–Crippen MR) is 82.4 cm³/mol. The molecule has 0 saturated heterocycles. The van der Waals surface area contributed by atoms with Crippen molar-refractivity contribution in [2.24, 2.45) is 0 Å². The van der Waals surface area contributed by atoms with Crippen molar-refractivity contribution in [1.82, 2.24) is 5.16 Å². The highest BCUT2D eigenvalue weighted by molar-refractivity contribution is 5.93. The van der Waals surface area contributed by atoms with E-state index in [0.29, 0.717) is 29.3 Å². The molecule has 7 nitrogen and oxygen atoms in total. The number of rotatable bonds is 6. The Labute approximate surface area is 133 Å². The Morgan fingerprint density at radius 1 is 1.30 bits per heavy atom. The van der Waals surface area contributed by atoms with E-state index < -0.39 is 12.1 Å². The number of nitrogens with zero attached hydrogens (tertiary/aromatic N) is 1. The fraction of sp³-hybridized carbons (Fsp3) is 0.312. The molecule has 0 bridgehead atoms. The van der Waals surface area contributed by atoms with E-state index in [9.17, 15) is 9.59 Å². The maximum Gasteiger partial charge on any atom is 0.337 e. The van der Waals surface area contributed by atoms with Crippen molar-refractivity contribution < 1.29 is 23.6 Å². The lowest BCUT2D eigenvalue weighted by Crippen LogP contribution is -2.32. The zero-order valence-corrected chi connectivity index (χ0v) is 13.2. The molecule has 1 amide bonds. The van der Waals surface area contributed by atoms with Crippen LogP contribution in [0.2, 0.25) is 0 Å². The van der Waals surface area contributed by atoms with Crippen molar-refractivity contribution in [3.05, 3.63) is 41.7 Å². The summed E-state index contributed by atoms with van der Waals surface area (Å²) >= 11 is 0. The molecule has 7 heteroatoms. The molecule has 1 heterocycles. The molecule has 1 aromatic carbocycles. The van der Waals surface area contributed by atoms with E-state index in [1.54, 1.807) is 37.3 Å². The van der Waals surface area contributed by atoms with Gasteiger partial charge < -0.3 is 19.3 Å². The summed E-state index contributed by atoms with van der Waals surface area (Å²) in [5, 5.41) is 6.34. The Hall–Kier alpha value is -2.83. The van der Waals surface area contributed by atoms with Gasteiger partial charge in [-0.05, 0) is 37.6 Å². The van der Waals surface area contributed by atoms with Gasteiger partial charge in [0.1, 0.15) is 11.5 Å². The number of carbonyl (C=O) groups excluding carboxylic acids is 2. The number of carbonyl (C=O) groups is 2. The minimum absolute atomic E-state index is 0.321. The number of benzene rings is 1. The van der Waals surface area contributed by atoms with Crippen LogP contribution in [0.25, 0.3) is 0 Å². The standard InChI is InChI=1S/C16H18N2O5/c1-4-13(15(19)17-14-9-10(2)23-18-14)22-12-7-5-11(6-8-12)16(20)21-3/h5-9,13H,4H2,1-3H3,(H,17,18,19). The van der Waals surface area contributed by atoms with Gasteiger partial charge in [-0.3, -0.25) is 4.79 Å². The maximum absolute atomic E-state index is 12.2. The molecule has 2 aromatic rings. The first-order chi connectivity index (χ1) is 11.0. The minimum atomic E-state index is -0.684. The molecular formula is C16H18N2O5. The summed E-state index contributed by atoms with van der Waals surface area (Å²) in [6, 6.07) is 8.00. The van der Waals surface area contributed by atoms with Crippen molar-refractivity contribution in [2.45, 2.75) is 26.4 Å². The Morgan fingerprint density at radius 3 is 2.52 bits per heavy atom. The molecule has 23 heavy (non-hydrogen) atoms. The number of aromatic nitrogens is 1. The molecule has 0 radical (unpaired) electrons. The SMILES string of the molecule is CCC(Oc1ccc(C(=O)OC)cc1)C(=O)Nc1cc(C)on1. The normalized spacial score (nSPS) is 11.6. The van der Waals surface area contributed by atoms with Crippen LogP contribution in [-0.2, 0) is 9.53 Å². The van der Waals surface area contributed by atoms with Crippen LogP contribution < -0.4 is 10.1 Å². The van der Waals surface area contributed by atoms with Gasteiger partial charge in [-0.2, -0.15) is 0 Å². The molecule has 0 spiro atoms.